The molecule has 1 atom stereocenters. The SMILES string of the molecule is CN(C)C(CCN)c1nc(-c2cc3ccccc3o2)nc2ccc(F)cc12. The molecule has 0 amide bonds. The number of aromatic nitrogens is 2. The highest BCUT2D eigenvalue weighted by Gasteiger charge is 2.21. The average molecular weight is 364 g/mol. The lowest BCUT2D eigenvalue weighted by Crippen LogP contribution is -2.24. The molecule has 4 aromatic rings. The monoisotopic (exact) mass is 364 g/mol. The Bertz CT molecular complexity index is 1070. The first kappa shape index (κ1) is 17.6. The van der Waals surface area contributed by atoms with Crippen molar-refractivity contribution < 1.29 is 8.81 Å². The van der Waals surface area contributed by atoms with Gasteiger partial charge in [0.15, 0.2) is 11.6 Å². The Morgan fingerprint density at radius 2 is 1.93 bits per heavy atom. The van der Waals surface area contributed by atoms with Crippen molar-refractivity contribution in [2.45, 2.75) is 12.5 Å². The lowest BCUT2D eigenvalue weighted by atomic mass is 10.0. The molecule has 0 aliphatic heterocycles. The van der Waals surface area contributed by atoms with Gasteiger partial charge < -0.3 is 15.1 Å². The highest BCUT2D eigenvalue weighted by molar-refractivity contribution is 5.85. The molecule has 0 fully saturated rings. The topological polar surface area (TPSA) is 68.2 Å². The molecule has 0 spiro atoms. The van der Waals surface area contributed by atoms with Crippen LogP contribution >= 0.6 is 0 Å². The van der Waals surface area contributed by atoms with E-state index in [4.69, 9.17) is 15.1 Å². The van der Waals surface area contributed by atoms with E-state index in [9.17, 15) is 4.39 Å². The van der Waals surface area contributed by atoms with E-state index in [1.54, 1.807) is 6.07 Å². The molecule has 0 radical (unpaired) electrons. The van der Waals surface area contributed by atoms with Gasteiger partial charge in [0.05, 0.1) is 17.3 Å². The molecule has 4 rings (SSSR count). The van der Waals surface area contributed by atoms with Crippen LogP contribution in [0.5, 0.6) is 0 Å². The van der Waals surface area contributed by atoms with Crippen LogP contribution in [-0.4, -0.2) is 35.5 Å². The zero-order chi connectivity index (χ0) is 19.0. The predicted octanol–water partition coefficient (Wildman–Crippen LogP) is 4.13. The highest BCUT2D eigenvalue weighted by Crippen LogP contribution is 2.32. The van der Waals surface area contributed by atoms with E-state index in [1.807, 2.05) is 49.3 Å². The number of halogens is 1. The number of nitrogens with zero attached hydrogens (tertiary/aromatic N) is 3. The Labute approximate surface area is 156 Å². The quantitative estimate of drug-likeness (QED) is 0.577. The van der Waals surface area contributed by atoms with Gasteiger partial charge in [-0.2, -0.15) is 0 Å². The van der Waals surface area contributed by atoms with Gasteiger partial charge in [-0.25, -0.2) is 14.4 Å². The summed E-state index contributed by atoms with van der Waals surface area (Å²) in [7, 11) is 3.93. The van der Waals surface area contributed by atoms with E-state index in [1.165, 1.54) is 12.1 Å². The maximum absolute atomic E-state index is 13.9. The number of fused-ring (bicyclic) bond motifs is 2. The van der Waals surface area contributed by atoms with E-state index >= 15 is 0 Å². The van der Waals surface area contributed by atoms with Crippen molar-refractivity contribution in [3.63, 3.8) is 0 Å². The van der Waals surface area contributed by atoms with Gasteiger partial charge in [-0.1, -0.05) is 18.2 Å². The third kappa shape index (κ3) is 3.29. The van der Waals surface area contributed by atoms with Crippen LogP contribution in [0.15, 0.2) is 52.9 Å². The molecule has 27 heavy (non-hydrogen) atoms. The van der Waals surface area contributed by atoms with Crippen molar-refractivity contribution in [1.29, 1.82) is 0 Å². The van der Waals surface area contributed by atoms with Gasteiger partial charge in [0.25, 0.3) is 0 Å². The summed E-state index contributed by atoms with van der Waals surface area (Å²) < 4.78 is 19.9. The number of nitrogens with two attached hydrogens (primary N) is 1. The average Bonchev–Trinajstić information content (AvgIpc) is 3.09. The molecule has 5 nitrogen and oxygen atoms in total. The van der Waals surface area contributed by atoms with Gasteiger partial charge >= 0.3 is 0 Å². The fourth-order valence-corrected chi connectivity index (χ4v) is 3.38. The third-order valence-corrected chi connectivity index (χ3v) is 4.71. The normalized spacial score (nSPS) is 12.9. The number of hydrogen-bond donors (Lipinski definition) is 1. The summed E-state index contributed by atoms with van der Waals surface area (Å²) in [6.07, 6.45) is 0.704. The minimum absolute atomic E-state index is 0.0505. The van der Waals surface area contributed by atoms with Crippen molar-refractivity contribution >= 4 is 21.9 Å². The minimum atomic E-state index is -0.311. The number of benzene rings is 2. The summed E-state index contributed by atoms with van der Waals surface area (Å²) in [5.41, 5.74) is 8.03. The number of furan rings is 1. The van der Waals surface area contributed by atoms with E-state index in [0.29, 0.717) is 35.5 Å². The molecule has 1 unspecified atom stereocenters. The largest absolute Gasteiger partial charge is 0.453 e. The Balaban J connectivity index is 1.95. The Morgan fingerprint density at radius 3 is 2.67 bits per heavy atom. The maximum Gasteiger partial charge on any atom is 0.196 e. The molecule has 2 heterocycles. The first-order chi connectivity index (χ1) is 13.1. The summed E-state index contributed by atoms with van der Waals surface area (Å²) >= 11 is 0. The molecule has 0 aliphatic rings. The van der Waals surface area contributed by atoms with Gasteiger partial charge in [-0.3, -0.25) is 0 Å². The molecule has 2 aromatic carbocycles. The Kier molecular flexibility index (Phi) is 4.59. The van der Waals surface area contributed by atoms with Crippen molar-refractivity contribution in [2.24, 2.45) is 5.73 Å². The molecule has 138 valence electrons. The molecule has 2 aromatic heterocycles. The first-order valence-corrected chi connectivity index (χ1v) is 8.89. The van der Waals surface area contributed by atoms with E-state index in [2.05, 4.69) is 4.98 Å². The van der Waals surface area contributed by atoms with Gasteiger partial charge in [0, 0.05) is 10.8 Å². The van der Waals surface area contributed by atoms with Crippen LogP contribution in [0.2, 0.25) is 0 Å². The summed E-state index contributed by atoms with van der Waals surface area (Å²) in [6, 6.07) is 14.2. The summed E-state index contributed by atoms with van der Waals surface area (Å²) in [5, 5.41) is 1.69. The summed E-state index contributed by atoms with van der Waals surface area (Å²) in [6.45, 7) is 0.504. The van der Waals surface area contributed by atoms with E-state index < -0.39 is 0 Å². The van der Waals surface area contributed by atoms with Crippen molar-refractivity contribution in [2.75, 3.05) is 20.6 Å². The minimum Gasteiger partial charge on any atom is -0.453 e. The van der Waals surface area contributed by atoms with Gasteiger partial charge in [0.1, 0.15) is 11.4 Å². The van der Waals surface area contributed by atoms with E-state index in [-0.39, 0.29) is 11.9 Å². The maximum atomic E-state index is 13.9. The first-order valence-electron chi connectivity index (χ1n) is 8.89. The van der Waals surface area contributed by atoms with Crippen LogP contribution in [0.1, 0.15) is 18.2 Å². The van der Waals surface area contributed by atoms with Gasteiger partial charge in [0.2, 0.25) is 0 Å². The number of hydrogen-bond acceptors (Lipinski definition) is 5. The second kappa shape index (κ2) is 7.06. The molecule has 6 heteroatoms. The Morgan fingerprint density at radius 1 is 1.11 bits per heavy atom. The zero-order valence-corrected chi connectivity index (χ0v) is 15.3. The van der Waals surface area contributed by atoms with Crippen LogP contribution in [-0.2, 0) is 0 Å². The van der Waals surface area contributed by atoms with E-state index in [0.717, 1.165) is 16.7 Å². The molecule has 0 aliphatic carbocycles. The molecular weight excluding hydrogens is 343 g/mol. The molecule has 0 saturated heterocycles. The standard InChI is InChI=1S/C21H21FN4O/c1-26(2)17(9-10-23)20-15-12-14(22)7-8-16(15)24-21(25-20)19-11-13-5-3-4-6-18(13)27-19/h3-8,11-12,17H,9-10,23H2,1-2H3. The molecule has 0 bridgehead atoms. The lowest BCUT2D eigenvalue weighted by molar-refractivity contribution is 0.283. The highest BCUT2D eigenvalue weighted by atomic mass is 19.1. The summed E-state index contributed by atoms with van der Waals surface area (Å²) in [5.74, 6) is 0.771. The second-order valence-corrected chi connectivity index (χ2v) is 6.80. The zero-order valence-electron chi connectivity index (χ0n) is 15.3. The van der Waals surface area contributed by atoms with Gasteiger partial charge in [-0.15, -0.1) is 0 Å². The predicted molar refractivity (Wildman–Crippen MR) is 105 cm³/mol. The molecule has 0 saturated carbocycles. The van der Waals surface area contributed by atoms with Crippen LogP contribution in [0.3, 0.4) is 0 Å². The van der Waals surface area contributed by atoms with Gasteiger partial charge in [-0.05, 0) is 57.4 Å². The number of para-hydroxylation sites is 1. The smallest absolute Gasteiger partial charge is 0.196 e. The van der Waals surface area contributed by atoms with Crippen molar-refractivity contribution in [1.82, 2.24) is 14.9 Å². The fourth-order valence-electron chi connectivity index (χ4n) is 3.38. The number of rotatable bonds is 5. The van der Waals surface area contributed by atoms with Crippen LogP contribution in [0, 0.1) is 5.82 Å². The molecular formula is C21H21FN4O. The van der Waals surface area contributed by atoms with Crippen LogP contribution < -0.4 is 5.73 Å². The second-order valence-electron chi connectivity index (χ2n) is 6.80. The summed E-state index contributed by atoms with van der Waals surface area (Å²) in [4.78, 5) is 11.4. The van der Waals surface area contributed by atoms with Crippen LogP contribution in [0.25, 0.3) is 33.5 Å². The van der Waals surface area contributed by atoms with Crippen molar-refractivity contribution in [3.05, 3.63) is 60.0 Å². The van der Waals surface area contributed by atoms with Crippen LogP contribution in [0.4, 0.5) is 4.39 Å². The Hall–Kier alpha value is -2.83. The third-order valence-electron chi connectivity index (χ3n) is 4.71. The molecule has 2 N–H and O–H groups in total. The van der Waals surface area contributed by atoms with Crippen molar-refractivity contribution in [3.8, 4) is 11.6 Å². The fraction of sp³-hybridized carbons (Fsp3) is 0.238. The lowest BCUT2D eigenvalue weighted by Gasteiger charge is -2.24.